The summed E-state index contributed by atoms with van der Waals surface area (Å²) in [6.45, 7) is 1.79. The van der Waals surface area contributed by atoms with E-state index in [1.165, 1.54) is 17.5 Å². The molecule has 0 spiro atoms. The van der Waals surface area contributed by atoms with Gasteiger partial charge in [-0.25, -0.2) is 4.98 Å². The highest BCUT2D eigenvalue weighted by molar-refractivity contribution is 5.33. The summed E-state index contributed by atoms with van der Waals surface area (Å²) in [5, 5.41) is 9.81. The van der Waals surface area contributed by atoms with Crippen LogP contribution in [0.15, 0.2) is 36.8 Å². The summed E-state index contributed by atoms with van der Waals surface area (Å²) in [6.07, 6.45) is 6.61. The van der Waals surface area contributed by atoms with Gasteiger partial charge >= 0.3 is 0 Å². The molecule has 2 aromatic rings. The Labute approximate surface area is 107 Å². The van der Waals surface area contributed by atoms with E-state index < -0.39 is 6.10 Å². The lowest BCUT2D eigenvalue weighted by molar-refractivity contribution is 0.186. The zero-order valence-electron chi connectivity index (χ0n) is 10.6. The van der Waals surface area contributed by atoms with Gasteiger partial charge in [0.1, 0.15) is 0 Å². The highest BCUT2D eigenvalue weighted by Crippen LogP contribution is 2.34. The van der Waals surface area contributed by atoms with E-state index in [0.29, 0.717) is 6.04 Å². The van der Waals surface area contributed by atoms with Gasteiger partial charge < -0.3 is 9.67 Å². The molecule has 0 radical (unpaired) electrons. The molecule has 3 heteroatoms. The van der Waals surface area contributed by atoms with Crippen molar-refractivity contribution in [1.29, 1.82) is 0 Å². The predicted molar refractivity (Wildman–Crippen MR) is 70.4 cm³/mol. The van der Waals surface area contributed by atoms with Crippen molar-refractivity contribution in [2.45, 2.75) is 38.3 Å². The molecule has 1 N–H and O–H groups in total. The third-order valence-corrected chi connectivity index (χ3v) is 3.80. The van der Waals surface area contributed by atoms with Gasteiger partial charge in [-0.1, -0.05) is 24.3 Å². The average molecular weight is 242 g/mol. The van der Waals surface area contributed by atoms with Crippen molar-refractivity contribution in [3.8, 4) is 0 Å². The molecule has 1 heterocycles. The molecule has 18 heavy (non-hydrogen) atoms. The Balaban J connectivity index is 2.06. The van der Waals surface area contributed by atoms with E-state index in [4.69, 9.17) is 0 Å². The molecule has 0 saturated carbocycles. The van der Waals surface area contributed by atoms with Gasteiger partial charge in [0.2, 0.25) is 0 Å². The van der Waals surface area contributed by atoms with Crippen molar-refractivity contribution >= 4 is 0 Å². The third-order valence-electron chi connectivity index (χ3n) is 3.80. The predicted octanol–water partition coefficient (Wildman–Crippen LogP) is 2.86. The van der Waals surface area contributed by atoms with Gasteiger partial charge in [0.15, 0.2) is 0 Å². The monoisotopic (exact) mass is 242 g/mol. The molecule has 0 bridgehead atoms. The van der Waals surface area contributed by atoms with Gasteiger partial charge in [-0.05, 0) is 37.3 Å². The van der Waals surface area contributed by atoms with Crippen molar-refractivity contribution in [3.05, 3.63) is 53.6 Å². The molecule has 1 aromatic carbocycles. The minimum Gasteiger partial charge on any atom is -0.387 e. The topological polar surface area (TPSA) is 38.1 Å². The first-order valence-corrected chi connectivity index (χ1v) is 6.55. The van der Waals surface area contributed by atoms with Gasteiger partial charge in [0, 0.05) is 0 Å². The van der Waals surface area contributed by atoms with E-state index >= 15 is 0 Å². The van der Waals surface area contributed by atoms with Crippen LogP contribution in [0, 0.1) is 0 Å². The molecule has 0 saturated heterocycles. The fraction of sp³-hybridized carbons (Fsp3) is 0.400. The number of aromatic nitrogens is 2. The first kappa shape index (κ1) is 11.5. The molecule has 0 aliphatic heterocycles. The van der Waals surface area contributed by atoms with Crippen molar-refractivity contribution in [2.24, 2.45) is 0 Å². The van der Waals surface area contributed by atoms with E-state index in [9.17, 15) is 5.11 Å². The van der Waals surface area contributed by atoms with Crippen LogP contribution in [0.2, 0.25) is 0 Å². The van der Waals surface area contributed by atoms with Crippen LogP contribution in [0.5, 0.6) is 0 Å². The number of aliphatic hydroxyl groups excluding tert-OH is 1. The number of aliphatic hydroxyl groups is 1. The molecule has 1 aliphatic rings. The fourth-order valence-electron chi connectivity index (χ4n) is 2.92. The second-order valence-electron chi connectivity index (χ2n) is 5.01. The summed E-state index contributed by atoms with van der Waals surface area (Å²) in [6, 6.07) is 8.92. The number of aryl methyl sites for hydroxylation is 1. The summed E-state index contributed by atoms with van der Waals surface area (Å²) in [4.78, 5) is 4.19. The number of hydrogen-bond acceptors (Lipinski definition) is 2. The number of fused-ring (bicyclic) bond motifs is 1. The minimum atomic E-state index is -0.471. The molecule has 2 unspecified atom stereocenters. The van der Waals surface area contributed by atoms with Crippen LogP contribution in [-0.4, -0.2) is 14.7 Å². The molecule has 0 fully saturated rings. The third kappa shape index (κ3) is 1.85. The molecule has 1 aliphatic carbocycles. The van der Waals surface area contributed by atoms with Gasteiger partial charge in [-0.15, -0.1) is 0 Å². The summed E-state index contributed by atoms with van der Waals surface area (Å²) in [5.74, 6) is 0. The average Bonchev–Trinajstić information content (AvgIpc) is 2.87. The Morgan fingerprint density at radius 2 is 2.22 bits per heavy atom. The Morgan fingerprint density at radius 1 is 1.39 bits per heavy atom. The van der Waals surface area contributed by atoms with Crippen LogP contribution in [0.25, 0.3) is 0 Å². The number of hydrogen-bond donors (Lipinski definition) is 1. The Bertz CT molecular complexity index is 545. The second kappa shape index (κ2) is 4.58. The minimum absolute atomic E-state index is 0.321. The number of imidazole rings is 1. The van der Waals surface area contributed by atoms with E-state index in [-0.39, 0.29) is 0 Å². The molecule has 3 rings (SSSR count). The molecule has 0 amide bonds. The standard InChI is InChI=1S/C15H18N2O/c1-11(18)15-9-16-10-17(15)14-8-4-6-12-5-2-3-7-13(12)14/h2-3,5,7,9-11,14,18H,4,6,8H2,1H3. The summed E-state index contributed by atoms with van der Waals surface area (Å²) >= 11 is 0. The van der Waals surface area contributed by atoms with Crippen LogP contribution < -0.4 is 0 Å². The second-order valence-corrected chi connectivity index (χ2v) is 5.01. The maximum absolute atomic E-state index is 9.81. The van der Waals surface area contributed by atoms with Gasteiger partial charge in [-0.2, -0.15) is 0 Å². The van der Waals surface area contributed by atoms with Crippen LogP contribution in [0.3, 0.4) is 0 Å². The lowest BCUT2D eigenvalue weighted by atomic mass is 9.87. The van der Waals surface area contributed by atoms with Gasteiger partial charge in [-0.3, -0.25) is 0 Å². The Morgan fingerprint density at radius 3 is 3.06 bits per heavy atom. The maximum Gasteiger partial charge on any atom is 0.0954 e. The van der Waals surface area contributed by atoms with E-state index in [0.717, 1.165) is 18.5 Å². The zero-order valence-corrected chi connectivity index (χ0v) is 10.6. The highest BCUT2D eigenvalue weighted by Gasteiger charge is 2.23. The zero-order chi connectivity index (χ0) is 12.5. The summed E-state index contributed by atoms with van der Waals surface area (Å²) in [7, 11) is 0. The Kier molecular flexibility index (Phi) is 2.92. The molecule has 2 atom stereocenters. The van der Waals surface area contributed by atoms with E-state index in [1.807, 2.05) is 6.33 Å². The summed E-state index contributed by atoms with van der Waals surface area (Å²) in [5.41, 5.74) is 3.71. The molecular formula is C15H18N2O. The van der Waals surface area contributed by atoms with Crippen molar-refractivity contribution in [1.82, 2.24) is 9.55 Å². The van der Waals surface area contributed by atoms with E-state index in [1.54, 1.807) is 13.1 Å². The molecule has 94 valence electrons. The van der Waals surface area contributed by atoms with Gasteiger partial charge in [0.05, 0.1) is 30.4 Å². The first-order valence-electron chi connectivity index (χ1n) is 6.55. The van der Waals surface area contributed by atoms with E-state index in [2.05, 4.69) is 33.8 Å². The van der Waals surface area contributed by atoms with Gasteiger partial charge in [0.25, 0.3) is 0 Å². The van der Waals surface area contributed by atoms with Crippen LogP contribution in [0.1, 0.15) is 48.7 Å². The van der Waals surface area contributed by atoms with Crippen molar-refractivity contribution in [2.75, 3.05) is 0 Å². The molecule has 1 aromatic heterocycles. The lowest BCUT2D eigenvalue weighted by Crippen LogP contribution is -2.19. The summed E-state index contributed by atoms with van der Waals surface area (Å²) < 4.78 is 2.13. The first-order chi connectivity index (χ1) is 8.77. The molecule has 3 nitrogen and oxygen atoms in total. The van der Waals surface area contributed by atoms with Crippen LogP contribution >= 0.6 is 0 Å². The van der Waals surface area contributed by atoms with Crippen molar-refractivity contribution in [3.63, 3.8) is 0 Å². The number of nitrogens with zero attached hydrogens (tertiary/aromatic N) is 2. The van der Waals surface area contributed by atoms with Crippen molar-refractivity contribution < 1.29 is 5.11 Å². The Hall–Kier alpha value is -1.61. The van der Waals surface area contributed by atoms with Crippen LogP contribution in [-0.2, 0) is 6.42 Å². The number of rotatable bonds is 2. The quantitative estimate of drug-likeness (QED) is 0.879. The lowest BCUT2D eigenvalue weighted by Gasteiger charge is -2.28. The smallest absolute Gasteiger partial charge is 0.0954 e. The molecular weight excluding hydrogens is 224 g/mol. The largest absolute Gasteiger partial charge is 0.387 e. The SMILES string of the molecule is CC(O)c1cncn1C1CCCc2ccccc21. The number of benzene rings is 1. The normalized spacial score (nSPS) is 20.4. The highest BCUT2D eigenvalue weighted by atomic mass is 16.3. The van der Waals surface area contributed by atoms with Crippen LogP contribution in [0.4, 0.5) is 0 Å². The maximum atomic E-state index is 9.81. The fourth-order valence-corrected chi connectivity index (χ4v) is 2.92.